The number of fused-ring (bicyclic) bond motifs is 10. The predicted octanol–water partition coefficient (Wildman–Crippen LogP) is 18.1. The molecule has 0 N–H and O–H groups in total. The summed E-state index contributed by atoms with van der Waals surface area (Å²) < 4.78 is 22.1. The van der Waals surface area contributed by atoms with E-state index >= 15 is 0 Å². The molecule has 340 valence electrons. The fourth-order valence-electron chi connectivity index (χ4n) is 9.86. The largest absolute Gasteiger partial charge is 0.453 e. The Morgan fingerprint density at radius 1 is 0.214 bits per heavy atom. The summed E-state index contributed by atoms with van der Waals surface area (Å²) in [5, 5.41) is 5.10. The Morgan fingerprint density at radius 3 is 0.829 bits per heavy atom. The van der Waals surface area contributed by atoms with Gasteiger partial charge in [-0.1, -0.05) is 161 Å². The van der Waals surface area contributed by atoms with E-state index in [2.05, 4.69) is 212 Å². The molecule has 0 aliphatic rings. The van der Waals surface area contributed by atoms with Gasteiger partial charge >= 0.3 is 0 Å². The Balaban J connectivity index is 0.000000143. The van der Waals surface area contributed by atoms with Gasteiger partial charge in [0.2, 0.25) is 0 Å². The third-order valence-electron chi connectivity index (χ3n) is 12.7. The number of nitrogens with zero attached hydrogens (tertiary/aromatic N) is 4. The van der Waals surface area contributed by atoms with Gasteiger partial charge in [-0.05, 0) is 97.1 Å². The van der Waals surface area contributed by atoms with Crippen molar-refractivity contribution in [3.8, 4) is 22.7 Å². The summed E-state index contributed by atoms with van der Waals surface area (Å²) in [6.07, 6.45) is 0. The maximum absolute atomic E-state index is 6.44. The minimum Gasteiger partial charge on any atom is -0.453 e. The number of para-hydroxylation sites is 10. The number of hydrogen-bond donors (Lipinski definition) is 0. The van der Waals surface area contributed by atoms with E-state index in [0.717, 1.165) is 55.8 Å². The molecular formula is C64H52N4O2. The molecule has 0 aliphatic heterocycles. The Hall–Kier alpha value is -9.00. The highest BCUT2D eigenvalue weighted by Gasteiger charge is 2.19. The molecule has 10 aromatic carbocycles. The zero-order valence-electron chi connectivity index (χ0n) is 39.7. The minimum absolute atomic E-state index is 0.783. The van der Waals surface area contributed by atoms with Gasteiger partial charge in [-0.2, -0.15) is 0 Å². The van der Waals surface area contributed by atoms with Crippen molar-refractivity contribution in [1.29, 1.82) is 0 Å². The molecule has 14 aromatic rings. The normalized spacial score (nSPS) is 11.1. The van der Waals surface area contributed by atoms with Crippen molar-refractivity contribution in [2.24, 2.45) is 0 Å². The van der Waals surface area contributed by atoms with Crippen molar-refractivity contribution in [3.05, 3.63) is 243 Å². The fraction of sp³-hybridized carbons (Fsp3) is 0.0625. The molecule has 14 rings (SSSR count). The van der Waals surface area contributed by atoms with Crippen molar-refractivity contribution in [3.63, 3.8) is 0 Å². The van der Waals surface area contributed by atoms with E-state index in [1.165, 1.54) is 55.0 Å². The molecule has 0 saturated heterocycles. The number of rotatable bonds is 4. The second kappa shape index (κ2) is 18.9. The molecular weight excluding hydrogens is 857 g/mol. The maximum Gasteiger partial charge on any atom is 0.153 e. The molecule has 0 aliphatic carbocycles. The van der Waals surface area contributed by atoms with E-state index in [9.17, 15) is 0 Å². The van der Waals surface area contributed by atoms with Crippen LogP contribution in [-0.2, 0) is 0 Å². The van der Waals surface area contributed by atoms with Crippen LogP contribution >= 0.6 is 0 Å². The first-order valence-corrected chi connectivity index (χ1v) is 24.3. The molecule has 0 bridgehead atoms. The Labute approximate surface area is 406 Å². The average Bonchev–Trinajstić information content (AvgIpc) is 3.94. The molecule has 6 nitrogen and oxygen atoms in total. The van der Waals surface area contributed by atoms with E-state index < -0.39 is 0 Å². The van der Waals surface area contributed by atoms with E-state index in [4.69, 9.17) is 8.83 Å². The lowest BCUT2D eigenvalue weighted by atomic mass is 10.1. The van der Waals surface area contributed by atoms with E-state index in [-0.39, 0.29) is 0 Å². The van der Waals surface area contributed by atoms with Gasteiger partial charge in [0, 0.05) is 56.4 Å². The van der Waals surface area contributed by atoms with Gasteiger partial charge in [-0.15, -0.1) is 0 Å². The van der Waals surface area contributed by atoms with Crippen LogP contribution in [-0.4, -0.2) is 18.3 Å². The molecule has 0 saturated carbocycles. The van der Waals surface area contributed by atoms with Crippen LogP contribution in [0.4, 0.5) is 0 Å². The van der Waals surface area contributed by atoms with E-state index in [1.807, 2.05) is 76.2 Å². The second-order valence-electron chi connectivity index (χ2n) is 16.5. The van der Waals surface area contributed by atoms with Gasteiger partial charge in [0.1, 0.15) is 0 Å². The van der Waals surface area contributed by atoms with Crippen LogP contribution in [0.25, 0.3) is 111 Å². The summed E-state index contributed by atoms with van der Waals surface area (Å²) in [5.41, 5.74) is 16.5. The van der Waals surface area contributed by atoms with Crippen LogP contribution in [0.15, 0.2) is 251 Å². The fourth-order valence-corrected chi connectivity index (χ4v) is 9.86. The Kier molecular flexibility index (Phi) is 11.8. The topological polar surface area (TPSA) is 46.0 Å². The van der Waals surface area contributed by atoms with Crippen LogP contribution in [0.2, 0.25) is 0 Å². The van der Waals surface area contributed by atoms with Crippen molar-refractivity contribution in [1.82, 2.24) is 18.3 Å². The van der Waals surface area contributed by atoms with Gasteiger partial charge in [-0.3, -0.25) is 0 Å². The van der Waals surface area contributed by atoms with Gasteiger partial charge in [0.25, 0.3) is 0 Å². The number of benzene rings is 10. The number of hydrogen-bond acceptors (Lipinski definition) is 2. The van der Waals surface area contributed by atoms with Crippen LogP contribution in [0, 0.1) is 0 Å². The predicted molar refractivity (Wildman–Crippen MR) is 295 cm³/mol. The molecule has 70 heavy (non-hydrogen) atoms. The smallest absolute Gasteiger partial charge is 0.153 e. The standard InChI is InChI=1S/C30H20N2O2.C30H20N2.2C2H6/c1-3-11-21(12-4-1)31-23-15-7-9-17-27(23)33-29-20-26-30(19-25(29)31)34-28-18-10-8-16-24(28)32(26)22-13-5-2-6-14-22;1-3-11-21(12-4-1)31-27-17-9-7-15-23(27)25-20-30-26(19-29(25)31)24-16-8-10-18-28(24)32(30)22-13-5-2-6-14-22;2*1-2/h1-20H;1-20H;2*1-2H3. The van der Waals surface area contributed by atoms with Gasteiger partial charge in [0.05, 0.1) is 44.1 Å². The molecule has 6 heteroatoms. The highest BCUT2D eigenvalue weighted by molar-refractivity contribution is 6.19. The van der Waals surface area contributed by atoms with Gasteiger partial charge in [-0.25, -0.2) is 0 Å². The zero-order chi connectivity index (χ0) is 47.6. The molecule has 4 aromatic heterocycles. The molecule has 0 unspecified atom stereocenters. The summed E-state index contributed by atoms with van der Waals surface area (Å²) in [5.74, 6) is 0. The highest BCUT2D eigenvalue weighted by Crippen LogP contribution is 2.40. The highest BCUT2D eigenvalue weighted by atomic mass is 16.3. The van der Waals surface area contributed by atoms with Crippen molar-refractivity contribution >= 4 is 88.0 Å². The van der Waals surface area contributed by atoms with Crippen molar-refractivity contribution < 1.29 is 8.83 Å². The Morgan fingerprint density at radius 2 is 0.486 bits per heavy atom. The van der Waals surface area contributed by atoms with Gasteiger partial charge in [0.15, 0.2) is 22.3 Å². The maximum atomic E-state index is 6.44. The Bertz CT molecular complexity index is 3880. The first-order valence-electron chi connectivity index (χ1n) is 24.3. The van der Waals surface area contributed by atoms with Crippen molar-refractivity contribution in [2.45, 2.75) is 27.7 Å². The second-order valence-corrected chi connectivity index (χ2v) is 16.5. The lowest BCUT2D eigenvalue weighted by Crippen LogP contribution is -2.02. The molecule has 0 fully saturated rings. The average molecular weight is 909 g/mol. The summed E-state index contributed by atoms with van der Waals surface area (Å²) in [7, 11) is 0. The van der Waals surface area contributed by atoms with Crippen LogP contribution in [0.3, 0.4) is 0 Å². The lowest BCUT2D eigenvalue weighted by Gasteiger charge is -2.18. The van der Waals surface area contributed by atoms with Gasteiger partial charge < -0.3 is 27.1 Å². The molecule has 0 amide bonds. The number of aromatic nitrogens is 4. The molecule has 0 spiro atoms. The SMILES string of the molecule is CC.CC.c1ccc(-n2c3ccccc3c3cc4c(cc32)c2ccccc2n4-c2ccccc2)cc1.c1ccc(-n2c3ccccc3oc3cc4c(cc32)oc2ccccc2n4-c2ccccc2)cc1. The zero-order valence-corrected chi connectivity index (χ0v) is 39.7. The summed E-state index contributed by atoms with van der Waals surface area (Å²) >= 11 is 0. The molecule has 0 radical (unpaired) electrons. The van der Waals surface area contributed by atoms with Crippen molar-refractivity contribution in [2.75, 3.05) is 0 Å². The van der Waals surface area contributed by atoms with Crippen LogP contribution < -0.4 is 0 Å². The summed E-state index contributed by atoms with van der Waals surface area (Å²) in [6.45, 7) is 8.00. The van der Waals surface area contributed by atoms with Crippen LogP contribution in [0.1, 0.15) is 27.7 Å². The lowest BCUT2D eigenvalue weighted by molar-refractivity contribution is 0.643. The van der Waals surface area contributed by atoms with E-state index in [1.54, 1.807) is 0 Å². The quantitative estimate of drug-likeness (QED) is 0.165. The first kappa shape index (κ1) is 43.6. The van der Waals surface area contributed by atoms with Crippen LogP contribution in [0.5, 0.6) is 0 Å². The first-order chi connectivity index (χ1) is 34.8. The third kappa shape index (κ3) is 7.47. The monoisotopic (exact) mass is 908 g/mol. The summed E-state index contributed by atoms with van der Waals surface area (Å²) in [4.78, 5) is 0. The molecule has 0 atom stereocenters. The molecule has 4 heterocycles. The van der Waals surface area contributed by atoms with E-state index in [0.29, 0.717) is 0 Å². The summed E-state index contributed by atoms with van der Waals surface area (Å²) in [6, 6.07) is 84.6. The third-order valence-corrected chi connectivity index (χ3v) is 12.7. The minimum atomic E-state index is 0.783.